The number of alkyl halides is 6. The molecule has 0 fully saturated rings. The molecule has 1 atom stereocenters. The maximum Gasteiger partial charge on any atom is 0.416 e. The van der Waals surface area contributed by atoms with Gasteiger partial charge in [-0.25, -0.2) is 4.98 Å². The molecule has 5 nitrogen and oxygen atoms in total. The summed E-state index contributed by atoms with van der Waals surface area (Å²) >= 11 is 0. The van der Waals surface area contributed by atoms with Crippen molar-refractivity contribution in [2.75, 3.05) is 13.7 Å². The number of rotatable bonds is 7. The number of aromatic nitrogens is 2. The molecule has 1 amide bonds. The van der Waals surface area contributed by atoms with E-state index in [1.165, 1.54) is 48.5 Å². The van der Waals surface area contributed by atoms with E-state index in [9.17, 15) is 31.1 Å². The first-order chi connectivity index (χ1) is 15.9. The van der Waals surface area contributed by atoms with Crippen molar-refractivity contribution in [3.8, 4) is 16.8 Å². The Balaban J connectivity index is 1.93. The van der Waals surface area contributed by atoms with Gasteiger partial charge in [-0.3, -0.25) is 9.36 Å². The summed E-state index contributed by atoms with van der Waals surface area (Å²) in [6, 6.07) is 6.93. The zero-order chi connectivity index (χ0) is 25.1. The van der Waals surface area contributed by atoms with Crippen LogP contribution in [-0.2, 0) is 17.1 Å². The van der Waals surface area contributed by atoms with E-state index in [-0.39, 0.29) is 28.9 Å². The van der Waals surface area contributed by atoms with Crippen LogP contribution in [0.15, 0.2) is 55.0 Å². The highest BCUT2D eigenvalue weighted by Gasteiger charge is 2.37. The van der Waals surface area contributed by atoms with Gasteiger partial charge in [0.15, 0.2) is 0 Å². The van der Waals surface area contributed by atoms with Crippen LogP contribution in [0.25, 0.3) is 16.8 Å². The van der Waals surface area contributed by atoms with Crippen LogP contribution in [0, 0.1) is 0 Å². The maximum absolute atomic E-state index is 13.2. The molecule has 1 heterocycles. The number of carbonyl (C=O) groups is 1. The van der Waals surface area contributed by atoms with Gasteiger partial charge in [0.05, 0.1) is 36.3 Å². The number of nitrogens with zero attached hydrogens (tertiary/aromatic N) is 2. The molecular formula is C23H21F6N3O2. The molecule has 0 aliphatic heterocycles. The fourth-order valence-corrected chi connectivity index (χ4v) is 3.33. The van der Waals surface area contributed by atoms with Gasteiger partial charge >= 0.3 is 12.4 Å². The monoisotopic (exact) mass is 485 g/mol. The second-order valence-corrected chi connectivity index (χ2v) is 7.52. The zero-order valence-electron chi connectivity index (χ0n) is 18.2. The van der Waals surface area contributed by atoms with Crippen LogP contribution in [0.4, 0.5) is 26.3 Å². The van der Waals surface area contributed by atoms with E-state index in [1.54, 1.807) is 0 Å². The van der Waals surface area contributed by atoms with Gasteiger partial charge in [0, 0.05) is 12.8 Å². The molecule has 0 spiro atoms. The molecule has 0 bridgehead atoms. The Labute approximate surface area is 191 Å². The van der Waals surface area contributed by atoms with Crippen LogP contribution in [0.5, 0.6) is 0 Å². The third-order valence-electron chi connectivity index (χ3n) is 5.13. The van der Waals surface area contributed by atoms with Crippen LogP contribution in [0.3, 0.4) is 0 Å². The van der Waals surface area contributed by atoms with E-state index in [2.05, 4.69) is 10.3 Å². The molecule has 0 radical (unpaired) electrons. The first-order valence-corrected chi connectivity index (χ1v) is 10.2. The number of carbonyl (C=O) groups excluding carboxylic acids is 1. The van der Waals surface area contributed by atoms with Crippen LogP contribution in [0.2, 0.25) is 0 Å². The largest absolute Gasteiger partial charge is 0.416 e. The van der Waals surface area contributed by atoms with E-state index < -0.39 is 29.4 Å². The lowest BCUT2D eigenvalue weighted by atomic mass is 9.99. The summed E-state index contributed by atoms with van der Waals surface area (Å²) in [4.78, 5) is 16.6. The molecule has 0 unspecified atom stereocenters. The van der Waals surface area contributed by atoms with Crippen molar-refractivity contribution >= 4 is 5.91 Å². The van der Waals surface area contributed by atoms with Crippen molar-refractivity contribution in [1.82, 2.24) is 14.9 Å². The number of nitrogens with one attached hydrogen (secondary N) is 1. The zero-order valence-corrected chi connectivity index (χ0v) is 18.2. The quantitative estimate of drug-likeness (QED) is 0.435. The maximum atomic E-state index is 13.2. The SMILES string of the molecule is CC[C@H](COC)NC(=O)c1cncn1-c1ccc(-c2cc(C(F)(F)F)cc(C(F)(F)F)c2)cc1. The molecular weight excluding hydrogens is 464 g/mol. The average molecular weight is 485 g/mol. The Morgan fingerprint density at radius 1 is 1.00 bits per heavy atom. The number of ether oxygens (including phenoxy) is 1. The molecule has 0 saturated carbocycles. The van der Waals surface area contributed by atoms with Gasteiger partial charge < -0.3 is 10.1 Å². The van der Waals surface area contributed by atoms with Crippen molar-refractivity contribution in [3.63, 3.8) is 0 Å². The molecule has 3 rings (SSSR count). The Hall–Kier alpha value is -3.34. The summed E-state index contributed by atoms with van der Waals surface area (Å²) in [6.07, 6.45) is -6.50. The molecule has 11 heteroatoms. The van der Waals surface area contributed by atoms with Gasteiger partial charge in [0.2, 0.25) is 0 Å². The topological polar surface area (TPSA) is 56.1 Å². The van der Waals surface area contributed by atoms with Gasteiger partial charge in [-0.15, -0.1) is 0 Å². The highest BCUT2D eigenvalue weighted by molar-refractivity contribution is 5.93. The van der Waals surface area contributed by atoms with Crippen molar-refractivity contribution in [2.45, 2.75) is 31.7 Å². The lowest BCUT2D eigenvalue weighted by Crippen LogP contribution is -2.38. The number of amides is 1. The predicted octanol–water partition coefficient (Wildman–Crippen LogP) is 5.73. The van der Waals surface area contributed by atoms with Crippen LogP contribution in [-0.4, -0.2) is 35.2 Å². The van der Waals surface area contributed by atoms with E-state index in [4.69, 9.17) is 4.74 Å². The fraction of sp³-hybridized carbons (Fsp3) is 0.304. The second-order valence-electron chi connectivity index (χ2n) is 7.52. The average Bonchev–Trinajstić information content (AvgIpc) is 3.27. The summed E-state index contributed by atoms with van der Waals surface area (Å²) in [5, 5.41) is 2.82. The third-order valence-corrected chi connectivity index (χ3v) is 5.13. The molecule has 2 aromatic carbocycles. The number of halogens is 6. The number of hydrogen-bond donors (Lipinski definition) is 1. The lowest BCUT2D eigenvalue weighted by Gasteiger charge is -2.17. The molecule has 1 N–H and O–H groups in total. The van der Waals surface area contributed by atoms with E-state index in [1.807, 2.05) is 6.92 Å². The number of hydrogen-bond acceptors (Lipinski definition) is 3. The number of imidazole rings is 1. The number of benzene rings is 2. The highest BCUT2D eigenvalue weighted by Crippen LogP contribution is 2.38. The summed E-state index contributed by atoms with van der Waals surface area (Å²) in [7, 11) is 1.52. The highest BCUT2D eigenvalue weighted by atomic mass is 19.4. The van der Waals surface area contributed by atoms with Crippen molar-refractivity contribution < 1.29 is 35.9 Å². The fourth-order valence-electron chi connectivity index (χ4n) is 3.33. The standard InChI is InChI=1S/C23H21F6N3O2/c1-3-18(12-34-2)31-21(33)20-11-30-13-32(20)19-6-4-14(5-7-19)15-8-16(22(24,25)26)10-17(9-15)23(27,28)29/h4-11,13,18H,3,12H2,1-2H3,(H,31,33)/t18-/m1/s1. The minimum Gasteiger partial charge on any atom is -0.383 e. The lowest BCUT2D eigenvalue weighted by molar-refractivity contribution is -0.143. The molecule has 182 valence electrons. The molecule has 0 aliphatic rings. The van der Waals surface area contributed by atoms with Gasteiger partial charge in [0.25, 0.3) is 5.91 Å². The van der Waals surface area contributed by atoms with Crippen LogP contribution in [0.1, 0.15) is 35.0 Å². The summed E-state index contributed by atoms with van der Waals surface area (Å²) in [5.74, 6) is -0.404. The van der Waals surface area contributed by atoms with Crippen molar-refractivity contribution in [1.29, 1.82) is 0 Å². The summed E-state index contributed by atoms with van der Waals surface area (Å²) in [6.45, 7) is 2.21. The van der Waals surface area contributed by atoms with Crippen molar-refractivity contribution in [2.24, 2.45) is 0 Å². The van der Waals surface area contributed by atoms with Crippen LogP contribution >= 0.6 is 0 Å². The number of methoxy groups -OCH3 is 1. The minimum atomic E-state index is -4.94. The van der Waals surface area contributed by atoms with Gasteiger partial charge in [-0.2, -0.15) is 26.3 Å². The van der Waals surface area contributed by atoms with E-state index in [0.29, 0.717) is 30.8 Å². The summed E-state index contributed by atoms with van der Waals surface area (Å²) in [5.41, 5.74) is -2.21. The van der Waals surface area contributed by atoms with Gasteiger partial charge in [0.1, 0.15) is 5.69 Å². The van der Waals surface area contributed by atoms with Gasteiger partial charge in [-0.05, 0) is 47.9 Å². The molecule has 34 heavy (non-hydrogen) atoms. The van der Waals surface area contributed by atoms with E-state index >= 15 is 0 Å². The summed E-state index contributed by atoms with van der Waals surface area (Å²) < 4.78 is 85.5. The molecule has 1 aromatic heterocycles. The molecule has 0 aliphatic carbocycles. The molecule has 3 aromatic rings. The van der Waals surface area contributed by atoms with Gasteiger partial charge in [-0.1, -0.05) is 19.1 Å². The normalized spacial score (nSPS) is 13.1. The predicted molar refractivity (Wildman–Crippen MR) is 112 cm³/mol. The Bertz CT molecular complexity index is 1100. The van der Waals surface area contributed by atoms with Crippen molar-refractivity contribution in [3.05, 3.63) is 71.8 Å². The first-order valence-electron chi connectivity index (χ1n) is 10.2. The van der Waals surface area contributed by atoms with E-state index in [0.717, 1.165) is 0 Å². The smallest absolute Gasteiger partial charge is 0.383 e. The second kappa shape index (κ2) is 9.88. The van der Waals surface area contributed by atoms with Crippen LogP contribution < -0.4 is 5.32 Å². The first kappa shape index (κ1) is 25.3. The Morgan fingerprint density at radius 3 is 2.09 bits per heavy atom. The third kappa shape index (κ3) is 5.77. The Kier molecular flexibility index (Phi) is 7.35. The minimum absolute atomic E-state index is 0.0847. The Morgan fingerprint density at radius 2 is 1.59 bits per heavy atom. The molecule has 0 saturated heterocycles.